The van der Waals surface area contributed by atoms with Crippen LogP contribution in [0.15, 0.2) is 24.3 Å². The molecule has 2 atom stereocenters. The highest BCUT2D eigenvalue weighted by molar-refractivity contribution is 5.27. The molecule has 2 unspecified atom stereocenters. The second-order valence-electron chi connectivity index (χ2n) is 5.68. The first-order valence-corrected chi connectivity index (χ1v) is 6.66. The van der Waals surface area contributed by atoms with E-state index in [1.165, 1.54) is 0 Å². The Labute approximate surface area is 109 Å². The fraction of sp³-hybridized carbons (Fsp3) is 0.600. The molecular formula is C15H23NO2. The Kier molecular flexibility index (Phi) is 4.05. The fourth-order valence-electron chi connectivity index (χ4n) is 2.65. The highest BCUT2D eigenvalue weighted by Gasteiger charge is 2.31. The zero-order chi connectivity index (χ0) is 13.2. The first kappa shape index (κ1) is 13.5. The minimum atomic E-state index is -0.548. The van der Waals surface area contributed by atoms with Gasteiger partial charge in [-0.2, -0.15) is 0 Å². The minimum Gasteiger partial charge on any atom is -0.389 e. The van der Waals surface area contributed by atoms with Crippen molar-refractivity contribution in [2.75, 3.05) is 19.6 Å². The standard InChI is InChI=1S/C15H23NO2/c1-12-5-3-4-6-13(12)14(17)7-9-16-10-8-15(2,18)11-16/h3-6,14,17-18H,7-11H2,1-2H3. The maximum atomic E-state index is 10.2. The zero-order valence-electron chi connectivity index (χ0n) is 11.3. The summed E-state index contributed by atoms with van der Waals surface area (Å²) in [6.07, 6.45) is 1.14. The predicted octanol–water partition coefficient (Wildman–Crippen LogP) is 1.88. The van der Waals surface area contributed by atoms with Gasteiger partial charge in [0, 0.05) is 19.6 Å². The van der Waals surface area contributed by atoms with Gasteiger partial charge in [-0.05, 0) is 37.8 Å². The van der Waals surface area contributed by atoms with Gasteiger partial charge in [0.2, 0.25) is 0 Å². The molecule has 0 spiro atoms. The van der Waals surface area contributed by atoms with Crippen LogP contribution in [0, 0.1) is 6.92 Å². The molecule has 0 aliphatic carbocycles. The number of benzene rings is 1. The number of hydrogen-bond acceptors (Lipinski definition) is 3. The van der Waals surface area contributed by atoms with Gasteiger partial charge in [0.15, 0.2) is 0 Å². The Bertz CT molecular complexity index is 403. The molecule has 3 heteroatoms. The van der Waals surface area contributed by atoms with Gasteiger partial charge in [-0.15, -0.1) is 0 Å². The Morgan fingerprint density at radius 3 is 2.72 bits per heavy atom. The normalized spacial score (nSPS) is 26.4. The molecule has 100 valence electrons. The van der Waals surface area contributed by atoms with Crippen LogP contribution in [0.25, 0.3) is 0 Å². The molecule has 3 nitrogen and oxygen atoms in total. The molecular weight excluding hydrogens is 226 g/mol. The molecule has 0 amide bonds. The van der Waals surface area contributed by atoms with E-state index >= 15 is 0 Å². The van der Waals surface area contributed by atoms with Crippen LogP contribution in [0.4, 0.5) is 0 Å². The summed E-state index contributed by atoms with van der Waals surface area (Å²) in [6, 6.07) is 7.97. The largest absolute Gasteiger partial charge is 0.389 e. The zero-order valence-corrected chi connectivity index (χ0v) is 11.3. The molecule has 1 heterocycles. The Morgan fingerprint density at radius 1 is 1.39 bits per heavy atom. The van der Waals surface area contributed by atoms with Crippen LogP contribution in [-0.4, -0.2) is 40.3 Å². The molecule has 0 radical (unpaired) electrons. The van der Waals surface area contributed by atoms with Gasteiger partial charge in [-0.25, -0.2) is 0 Å². The second-order valence-corrected chi connectivity index (χ2v) is 5.68. The van der Waals surface area contributed by atoms with E-state index in [2.05, 4.69) is 4.90 Å². The summed E-state index contributed by atoms with van der Waals surface area (Å²) in [6.45, 7) is 6.39. The summed E-state index contributed by atoms with van der Waals surface area (Å²) in [5.41, 5.74) is 1.61. The number of rotatable bonds is 4. The van der Waals surface area contributed by atoms with Crippen molar-refractivity contribution in [1.82, 2.24) is 4.90 Å². The molecule has 0 aromatic heterocycles. The van der Waals surface area contributed by atoms with Crippen molar-refractivity contribution in [3.63, 3.8) is 0 Å². The van der Waals surface area contributed by atoms with Crippen LogP contribution in [0.3, 0.4) is 0 Å². The maximum Gasteiger partial charge on any atom is 0.0804 e. The lowest BCUT2D eigenvalue weighted by molar-refractivity contribution is 0.0655. The molecule has 0 bridgehead atoms. The number of aliphatic hydroxyl groups excluding tert-OH is 1. The lowest BCUT2D eigenvalue weighted by atomic mass is 10.0. The van der Waals surface area contributed by atoms with Crippen molar-refractivity contribution in [2.24, 2.45) is 0 Å². The third-order valence-electron chi connectivity index (χ3n) is 3.80. The predicted molar refractivity (Wildman–Crippen MR) is 72.4 cm³/mol. The Balaban J connectivity index is 1.86. The fourth-order valence-corrected chi connectivity index (χ4v) is 2.65. The quantitative estimate of drug-likeness (QED) is 0.856. The van der Waals surface area contributed by atoms with Crippen molar-refractivity contribution in [3.05, 3.63) is 35.4 Å². The average molecular weight is 249 g/mol. The van der Waals surface area contributed by atoms with Gasteiger partial charge >= 0.3 is 0 Å². The lowest BCUT2D eigenvalue weighted by Crippen LogP contribution is -2.30. The van der Waals surface area contributed by atoms with Gasteiger partial charge in [0.25, 0.3) is 0 Å². The molecule has 2 rings (SSSR count). The van der Waals surface area contributed by atoms with Gasteiger partial charge in [0.1, 0.15) is 0 Å². The van der Waals surface area contributed by atoms with E-state index in [4.69, 9.17) is 0 Å². The highest BCUT2D eigenvalue weighted by atomic mass is 16.3. The first-order chi connectivity index (χ1) is 8.48. The van der Waals surface area contributed by atoms with Crippen molar-refractivity contribution >= 4 is 0 Å². The summed E-state index contributed by atoms with van der Waals surface area (Å²) >= 11 is 0. The van der Waals surface area contributed by atoms with E-state index in [0.29, 0.717) is 6.54 Å². The Hall–Kier alpha value is -0.900. The highest BCUT2D eigenvalue weighted by Crippen LogP contribution is 2.24. The second kappa shape index (κ2) is 5.39. The van der Waals surface area contributed by atoms with Gasteiger partial charge in [-0.3, -0.25) is 0 Å². The minimum absolute atomic E-state index is 0.406. The summed E-state index contributed by atoms with van der Waals surface area (Å²) in [7, 11) is 0. The number of aryl methyl sites for hydroxylation is 1. The molecule has 0 saturated carbocycles. The van der Waals surface area contributed by atoms with E-state index in [1.807, 2.05) is 38.1 Å². The first-order valence-electron chi connectivity index (χ1n) is 6.66. The lowest BCUT2D eigenvalue weighted by Gasteiger charge is -2.21. The van der Waals surface area contributed by atoms with Crippen LogP contribution in [0.2, 0.25) is 0 Å². The molecule has 1 aromatic carbocycles. The van der Waals surface area contributed by atoms with E-state index in [-0.39, 0.29) is 0 Å². The third kappa shape index (κ3) is 3.31. The smallest absolute Gasteiger partial charge is 0.0804 e. The van der Waals surface area contributed by atoms with Crippen LogP contribution in [0.5, 0.6) is 0 Å². The number of β-amino-alcohol motifs (C(OH)–C–C–N with tert-alkyl or cyclic N) is 1. The maximum absolute atomic E-state index is 10.2. The van der Waals surface area contributed by atoms with E-state index in [9.17, 15) is 10.2 Å². The molecule has 2 N–H and O–H groups in total. The van der Waals surface area contributed by atoms with Crippen molar-refractivity contribution in [2.45, 2.75) is 38.4 Å². The monoisotopic (exact) mass is 249 g/mol. The molecule has 1 saturated heterocycles. The summed E-state index contributed by atoms with van der Waals surface area (Å²) in [4.78, 5) is 2.22. The average Bonchev–Trinajstić information content (AvgIpc) is 2.66. The molecule has 1 aliphatic heterocycles. The van der Waals surface area contributed by atoms with Crippen molar-refractivity contribution < 1.29 is 10.2 Å². The summed E-state index contributed by atoms with van der Waals surface area (Å²) in [5.74, 6) is 0. The summed E-state index contributed by atoms with van der Waals surface area (Å²) < 4.78 is 0. The summed E-state index contributed by atoms with van der Waals surface area (Å²) in [5, 5.41) is 20.1. The van der Waals surface area contributed by atoms with E-state index in [0.717, 1.165) is 37.1 Å². The van der Waals surface area contributed by atoms with Crippen LogP contribution >= 0.6 is 0 Å². The van der Waals surface area contributed by atoms with Gasteiger partial charge in [-0.1, -0.05) is 24.3 Å². The van der Waals surface area contributed by atoms with Crippen molar-refractivity contribution in [1.29, 1.82) is 0 Å². The molecule has 1 aliphatic rings. The molecule has 18 heavy (non-hydrogen) atoms. The van der Waals surface area contributed by atoms with Gasteiger partial charge in [0.05, 0.1) is 11.7 Å². The van der Waals surface area contributed by atoms with Gasteiger partial charge < -0.3 is 15.1 Å². The van der Waals surface area contributed by atoms with Crippen LogP contribution in [-0.2, 0) is 0 Å². The number of aliphatic hydroxyl groups is 2. The van der Waals surface area contributed by atoms with Crippen LogP contribution < -0.4 is 0 Å². The number of hydrogen-bond donors (Lipinski definition) is 2. The third-order valence-corrected chi connectivity index (χ3v) is 3.80. The van der Waals surface area contributed by atoms with Crippen LogP contribution in [0.1, 0.15) is 37.0 Å². The topological polar surface area (TPSA) is 43.7 Å². The molecule has 1 aromatic rings. The number of nitrogens with zero attached hydrogens (tertiary/aromatic N) is 1. The van der Waals surface area contributed by atoms with E-state index < -0.39 is 11.7 Å². The van der Waals surface area contributed by atoms with Crippen molar-refractivity contribution in [3.8, 4) is 0 Å². The SMILES string of the molecule is Cc1ccccc1C(O)CCN1CCC(C)(O)C1. The number of likely N-dealkylation sites (tertiary alicyclic amines) is 1. The van der Waals surface area contributed by atoms with E-state index in [1.54, 1.807) is 0 Å². The Morgan fingerprint density at radius 2 is 2.11 bits per heavy atom. The molecule has 1 fully saturated rings.